The third-order valence-corrected chi connectivity index (χ3v) is 5.86. The number of benzene rings is 2. The lowest BCUT2D eigenvalue weighted by Crippen LogP contribution is -2.50. The highest BCUT2D eigenvalue weighted by molar-refractivity contribution is 5.93. The Labute approximate surface area is 227 Å². The average Bonchev–Trinajstić information content (AvgIpc) is 2.92. The molecule has 2 N–H and O–H groups in total. The van der Waals surface area contributed by atoms with E-state index in [1.165, 1.54) is 33.1 Å². The molecule has 1 unspecified atom stereocenters. The maximum Gasteiger partial charge on any atom is 0.452 e. The third kappa shape index (κ3) is 7.71. The molecule has 9 nitrogen and oxygen atoms in total. The predicted molar refractivity (Wildman–Crippen MR) is 141 cm³/mol. The number of carbonyl (C=O) groups excluding carboxylic acids is 3. The summed E-state index contributed by atoms with van der Waals surface area (Å²) in [6.45, 7) is 1.92. The van der Waals surface area contributed by atoms with E-state index in [4.69, 9.17) is 9.47 Å². The summed E-state index contributed by atoms with van der Waals surface area (Å²) in [5, 5.41) is 4.43. The summed E-state index contributed by atoms with van der Waals surface area (Å²) in [4.78, 5) is 50.5. The summed E-state index contributed by atoms with van der Waals surface area (Å²) in [5.74, 6) is -3.45. The normalized spacial score (nSPS) is 12.0. The first-order valence-corrected chi connectivity index (χ1v) is 12.2. The number of amides is 2. The zero-order chi connectivity index (χ0) is 29.4. The lowest BCUT2D eigenvalue weighted by Gasteiger charge is -2.23. The van der Waals surface area contributed by atoms with Crippen molar-refractivity contribution in [3.05, 3.63) is 82.6 Å². The average molecular weight is 560 g/mol. The molecule has 1 heterocycles. The molecule has 1 atom stereocenters. The summed E-state index contributed by atoms with van der Waals surface area (Å²) in [7, 11) is 1.47. The molecular formula is C28H28F3N3O6. The Kier molecular flexibility index (Phi) is 9.70. The van der Waals surface area contributed by atoms with Gasteiger partial charge in [-0.1, -0.05) is 44.2 Å². The fourth-order valence-corrected chi connectivity index (χ4v) is 3.79. The number of hydrogen-bond donors (Lipinski definition) is 2. The number of pyridine rings is 1. The topological polar surface area (TPSA) is 116 Å². The first-order valence-electron chi connectivity index (χ1n) is 12.2. The summed E-state index contributed by atoms with van der Waals surface area (Å²) < 4.78 is 50.5. The minimum atomic E-state index is -5.16. The molecule has 3 rings (SSSR count). The molecule has 0 spiro atoms. The number of methoxy groups -OCH3 is 1. The quantitative estimate of drug-likeness (QED) is 0.377. The smallest absolute Gasteiger partial charge is 0.452 e. The minimum Gasteiger partial charge on any atom is -0.497 e. The van der Waals surface area contributed by atoms with Crippen LogP contribution in [0.2, 0.25) is 0 Å². The first-order chi connectivity index (χ1) is 18.9. The van der Waals surface area contributed by atoms with Gasteiger partial charge >= 0.3 is 12.3 Å². The van der Waals surface area contributed by atoms with Gasteiger partial charge in [-0.2, -0.15) is 13.2 Å². The molecule has 0 aliphatic carbocycles. The van der Waals surface area contributed by atoms with E-state index in [1.54, 1.807) is 54.6 Å². The zero-order valence-electron chi connectivity index (χ0n) is 22.0. The summed E-state index contributed by atoms with van der Waals surface area (Å²) in [6.07, 6.45) is -6.08. The number of hydrogen-bond acceptors (Lipinski definition) is 6. The summed E-state index contributed by atoms with van der Waals surface area (Å²) >= 11 is 0. The molecule has 40 heavy (non-hydrogen) atoms. The third-order valence-electron chi connectivity index (χ3n) is 5.86. The Balaban J connectivity index is 1.91. The fourth-order valence-electron chi connectivity index (χ4n) is 3.79. The van der Waals surface area contributed by atoms with Crippen LogP contribution in [0.15, 0.2) is 71.5 Å². The number of aromatic nitrogens is 1. The number of carbonyl (C=O) groups is 3. The lowest BCUT2D eigenvalue weighted by molar-refractivity contribution is -0.174. The maximum absolute atomic E-state index is 13.4. The van der Waals surface area contributed by atoms with E-state index in [1.807, 2.05) is 0 Å². The van der Waals surface area contributed by atoms with E-state index in [2.05, 4.69) is 10.6 Å². The number of ketones is 1. The molecule has 0 fully saturated rings. The molecule has 1 aromatic heterocycles. The van der Waals surface area contributed by atoms with Gasteiger partial charge in [-0.05, 0) is 53.4 Å². The van der Waals surface area contributed by atoms with Gasteiger partial charge in [0.15, 0.2) is 0 Å². The molecule has 0 radical (unpaired) electrons. The van der Waals surface area contributed by atoms with Crippen molar-refractivity contribution in [2.24, 2.45) is 5.92 Å². The lowest BCUT2D eigenvalue weighted by atomic mass is 9.99. The van der Waals surface area contributed by atoms with Crippen LogP contribution in [0.4, 0.5) is 23.7 Å². The number of halogens is 3. The van der Waals surface area contributed by atoms with Crippen LogP contribution in [0.5, 0.6) is 5.75 Å². The van der Waals surface area contributed by atoms with Gasteiger partial charge in [0.25, 0.3) is 11.3 Å². The standard InChI is InChI=1S/C28H28F3N3O6/c1-17(2)24(25(36)28(29,30)31)33-23(35)15-34-22(19-9-11-20(39-3)12-10-19)14-13-21(26(34)37)32-27(38)40-16-18-7-5-4-6-8-18/h4-14,17,24H,15-16H2,1-3H3,(H,32,38)(H,33,35). The minimum absolute atomic E-state index is 0.0585. The van der Waals surface area contributed by atoms with Crippen molar-refractivity contribution in [3.63, 3.8) is 0 Å². The van der Waals surface area contributed by atoms with Crippen molar-refractivity contribution in [2.45, 2.75) is 39.2 Å². The molecule has 2 amide bonds. The molecular weight excluding hydrogens is 531 g/mol. The van der Waals surface area contributed by atoms with Crippen molar-refractivity contribution in [1.82, 2.24) is 9.88 Å². The second-order valence-corrected chi connectivity index (χ2v) is 9.09. The van der Waals surface area contributed by atoms with E-state index in [0.717, 1.165) is 10.1 Å². The van der Waals surface area contributed by atoms with Crippen molar-refractivity contribution in [3.8, 4) is 17.0 Å². The fraction of sp³-hybridized carbons (Fsp3) is 0.286. The Morgan fingerprint density at radius 2 is 1.60 bits per heavy atom. The van der Waals surface area contributed by atoms with Crippen molar-refractivity contribution < 1.29 is 37.0 Å². The summed E-state index contributed by atoms with van der Waals surface area (Å²) in [6, 6.07) is 16.2. The van der Waals surface area contributed by atoms with E-state index in [-0.39, 0.29) is 18.0 Å². The number of nitrogens with zero attached hydrogens (tertiary/aromatic N) is 1. The molecule has 0 aliphatic heterocycles. The highest BCUT2D eigenvalue weighted by Gasteiger charge is 2.45. The van der Waals surface area contributed by atoms with Crippen molar-refractivity contribution in [1.29, 1.82) is 0 Å². The Morgan fingerprint density at radius 1 is 0.950 bits per heavy atom. The maximum atomic E-state index is 13.4. The number of anilines is 1. The first kappa shape index (κ1) is 29.9. The van der Waals surface area contributed by atoms with Crippen LogP contribution >= 0.6 is 0 Å². The van der Waals surface area contributed by atoms with Gasteiger partial charge in [-0.3, -0.25) is 24.3 Å². The molecule has 0 bridgehead atoms. The SMILES string of the molecule is COc1ccc(-c2ccc(NC(=O)OCc3ccccc3)c(=O)n2CC(=O)NC(C(=O)C(F)(F)F)C(C)C)cc1. The van der Waals surface area contributed by atoms with Gasteiger partial charge < -0.3 is 14.8 Å². The van der Waals surface area contributed by atoms with E-state index < -0.39 is 48.0 Å². The van der Waals surface area contributed by atoms with Gasteiger partial charge in [0.1, 0.15) is 24.6 Å². The molecule has 0 saturated carbocycles. The van der Waals surface area contributed by atoms with Crippen LogP contribution in [0.3, 0.4) is 0 Å². The van der Waals surface area contributed by atoms with Crippen molar-refractivity contribution >= 4 is 23.5 Å². The van der Waals surface area contributed by atoms with Gasteiger partial charge in [0.2, 0.25) is 5.91 Å². The van der Waals surface area contributed by atoms with Crippen LogP contribution in [-0.2, 0) is 27.5 Å². The highest BCUT2D eigenvalue weighted by Crippen LogP contribution is 2.24. The number of Topliss-reactive ketones (excluding diaryl/α,β-unsaturated/α-hetero) is 1. The largest absolute Gasteiger partial charge is 0.497 e. The highest BCUT2D eigenvalue weighted by atomic mass is 19.4. The molecule has 3 aromatic rings. The Morgan fingerprint density at radius 3 is 2.17 bits per heavy atom. The van der Waals surface area contributed by atoms with Crippen LogP contribution < -0.4 is 20.9 Å². The number of nitrogens with one attached hydrogen (secondary N) is 2. The molecule has 12 heteroatoms. The monoisotopic (exact) mass is 559 g/mol. The second kappa shape index (κ2) is 13.0. The van der Waals surface area contributed by atoms with E-state index >= 15 is 0 Å². The van der Waals surface area contributed by atoms with Gasteiger partial charge in [-0.25, -0.2) is 4.79 Å². The van der Waals surface area contributed by atoms with E-state index in [9.17, 15) is 32.3 Å². The Hall–Kier alpha value is -4.61. The molecule has 2 aromatic carbocycles. The zero-order valence-corrected chi connectivity index (χ0v) is 22.0. The summed E-state index contributed by atoms with van der Waals surface area (Å²) in [5.41, 5.74) is 0.387. The van der Waals surface area contributed by atoms with Crippen molar-refractivity contribution in [2.75, 3.05) is 12.4 Å². The van der Waals surface area contributed by atoms with E-state index in [0.29, 0.717) is 11.3 Å². The van der Waals surface area contributed by atoms with Gasteiger partial charge in [-0.15, -0.1) is 0 Å². The number of alkyl halides is 3. The van der Waals surface area contributed by atoms with Crippen LogP contribution in [0, 0.1) is 5.92 Å². The van der Waals surface area contributed by atoms with Crippen LogP contribution in [0.1, 0.15) is 19.4 Å². The Bertz CT molecular complexity index is 1400. The number of rotatable bonds is 10. The predicted octanol–water partition coefficient (Wildman–Crippen LogP) is 4.54. The van der Waals surface area contributed by atoms with Gasteiger partial charge in [0, 0.05) is 0 Å². The van der Waals surface area contributed by atoms with Crippen LogP contribution in [-0.4, -0.2) is 41.7 Å². The number of ether oxygens (including phenoxy) is 2. The molecule has 0 saturated heterocycles. The second-order valence-electron chi connectivity index (χ2n) is 9.09. The van der Waals surface area contributed by atoms with Crippen LogP contribution in [0.25, 0.3) is 11.3 Å². The molecule has 0 aliphatic rings. The van der Waals surface area contributed by atoms with Gasteiger partial charge in [0.05, 0.1) is 18.8 Å². The molecule has 212 valence electrons.